The molecule has 0 bridgehead atoms. The molecule has 2 aromatic rings. The van der Waals surface area contributed by atoms with Crippen LogP contribution in [0.4, 0.5) is 11.4 Å². The number of amides is 2. The van der Waals surface area contributed by atoms with Crippen LogP contribution in [0.3, 0.4) is 0 Å². The fourth-order valence-electron chi connectivity index (χ4n) is 3.38. The number of benzene rings is 2. The number of rotatable bonds is 6. The number of carbonyl (C=O) groups is 2. The minimum Gasteiger partial charge on any atom is -0.372 e. The van der Waals surface area contributed by atoms with Crippen molar-refractivity contribution in [3.8, 4) is 0 Å². The number of carbonyl (C=O) groups excluding carboxylic acids is 2. The van der Waals surface area contributed by atoms with Gasteiger partial charge in [-0.1, -0.05) is 12.1 Å². The molecule has 1 aliphatic carbocycles. The molecule has 1 aliphatic heterocycles. The van der Waals surface area contributed by atoms with E-state index in [1.54, 1.807) is 24.3 Å². The highest BCUT2D eigenvalue weighted by molar-refractivity contribution is 5.96. The highest BCUT2D eigenvalue weighted by Gasteiger charge is 2.29. The van der Waals surface area contributed by atoms with Gasteiger partial charge in [0.2, 0.25) is 5.91 Å². The van der Waals surface area contributed by atoms with Gasteiger partial charge in [0.05, 0.1) is 0 Å². The van der Waals surface area contributed by atoms with Crippen LogP contribution < -0.4 is 15.5 Å². The monoisotopic (exact) mass is 363 g/mol. The molecule has 1 heterocycles. The van der Waals surface area contributed by atoms with Crippen LogP contribution >= 0.6 is 0 Å². The molecule has 0 aromatic heterocycles. The van der Waals surface area contributed by atoms with Gasteiger partial charge in [0, 0.05) is 42.5 Å². The summed E-state index contributed by atoms with van der Waals surface area (Å²) >= 11 is 0. The fourth-order valence-corrected chi connectivity index (χ4v) is 3.38. The molecule has 5 nitrogen and oxygen atoms in total. The zero-order chi connectivity index (χ0) is 18.6. The Kier molecular flexibility index (Phi) is 5.10. The Morgan fingerprint density at radius 3 is 2.22 bits per heavy atom. The smallest absolute Gasteiger partial charge is 0.251 e. The summed E-state index contributed by atoms with van der Waals surface area (Å²) in [5, 5.41) is 5.83. The van der Waals surface area contributed by atoms with Gasteiger partial charge in [0.25, 0.3) is 5.91 Å². The molecular formula is C22H25N3O2. The minimum atomic E-state index is -0.112. The Morgan fingerprint density at radius 1 is 0.926 bits per heavy atom. The summed E-state index contributed by atoms with van der Waals surface area (Å²) in [5.41, 5.74) is 3.67. The normalized spacial score (nSPS) is 16.2. The van der Waals surface area contributed by atoms with E-state index in [9.17, 15) is 9.59 Å². The van der Waals surface area contributed by atoms with Gasteiger partial charge in [0.1, 0.15) is 0 Å². The summed E-state index contributed by atoms with van der Waals surface area (Å²) in [6.07, 6.45) is 4.48. The zero-order valence-electron chi connectivity index (χ0n) is 15.4. The highest BCUT2D eigenvalue weighted by Crippen LogP contribution is 2.30. The van der Waals surface area contributed by atoms with Gasteiger partial charge in [-0.3, -0.25) is 9.59 Å². The first-order valence-electron chi connectivity index (χ1n) is 9.72. The van der Waals surface area contributed by atoms with E-state index in [0.717, 1.165) is 37.2 Å². The first kappa shape index (κ1) is 17.6. The van der Waals surface area contributed by atoms with Crippen molar-refractivity contribution < 1.29 is 9.59 Å². The molecule has 2 aliphatic rings. The van der Waals surface area contributed by atoms with Gasteiger partial charge < -0.3 is 15.5 Å². The van der Waals surface area contributed by atoms with Crippen molar-refractivity contribution in [2.24, 2.45) is 5.92 Å². The molecule has 5 heteroatoms. The SMILES string of the molecule is O=C(NCc1ccc(N2CCCC2)cc1)c1ccc(NC(=O)C2CC2)cc1. The predicted octanol–water partition coefficient (Wildman–Crippen LogP) is 3.57. The number of nitrogens with zero attached hydrogens (tertiary/aromatic N) is 1. The van der Waals surface area contributed by atoms with Crippen molar-refractivity contribution >= 4 is 23.2 Å². The molecule has 2 fully saturated rings. The van der Waals surface area contributed by atoms with Crippen molar-refractivity contribution in [1.29, 1.82) is 0 Å². The highest BCUT2D eigenvalue weighted by atomic mass is 16.2. The maximum Gasteiger partial charge on any atom is 0.251 e. The summed E-state index contributed by atoms with van der Waals surface area (Å²) in [7, 11) is 0. The van der Waals surface area contributed by atoms with Crippen LogP contribution in [0.25, 0.3) is 0 Å². The largest absolute Gasteiger partial charge is 0.372 e. The quantitative estimate of drug-likeness (QED) is 0.825. The van der Waals surface area contributed by atoms with Crippen LogP contribution in [0.1, 0.15) is 41.6 Å². The molecule has 0 atom stereocenters. The summed E-state index contributed by atoms with van der Waals surface area (Å²) < 4.78 is 0. The lowest BCUT2D eigenvalue weighted by atomic mass is 10.1. The topological polar surface area (TPSA) is 61.4 Å². The maximum atomic E-state index is 12.3. The molecular weight excluding hydrogens is 338 g/mol. The van der Waals surface area contributed by atoms with Crippen LogP contribution in [-0.2, 0) is 11.3 Å². The zero-order valence-corrected chi connectivity index (χ0v) is 15.4. The Labute approximate surface area is 159 Å². The van der Waals surface area contributed by atoms with E-state index in [-0.39, 0.29) is 17.7 Å². The molecule has 0 spiro atoms. The molecule has 4 rings (SSSR count). The molecule has 1 saturated carbocycles. The second kappa shape index (κ2) is 7.82. The molecule has 1 saturated heterocycles. The lowest BCUT2D eigenvalue weighted by molar-refractivity contribution is -0.117. The van der Waals surface area contributed by atoms with Crippen molar-refractivity contribution in [2.75, 3.05) is 23.3 Å². The van der Waals surface area contributed by atoms with Gasteiger partial charge in [-0.2, -0.15) is 0 Å². The molecule has 140 valence electrons. The Morgan fingerprint density at radius 2 is 1.59 bits per heavy atom. The van der Waals surface area contributed by atoms with Gasteiger partial charge in [0.15, 0.2) is 0 Å². The average Bonchev–Trinajstić information content (AvgIpc) is 3.42. The molecule has 27 heavy (non-hydrogen) atoms. The van der Waals surface area contributed by atoms with Gasteiger partial charge in [-0.05, 0) is 67.6 Å². The number of nitrogens with one attached hydrogen (secondary N) is 2. The molecule has 2 aromatic carbocycles. The Balaban J connectivity index is 1.28. The first-order valence-corrected chi connectivity index (χ1v) is 9.72. The molecule has 0 unspecified atom stereocenters. The van der Waals surface area contributed by atoms with E-state index >= 15 is 0 Å². The maximum absolute atomic E-state index is 12.3. The third kappa shape index (κ3) is 4.48. The lowest BCUT2D eigenvalue weighted by Crippen LogP contribution is -2.23. The van der Waals surface area contributed by atoms with Gasteiger partial charge in [-0.25, -0.2) is 0 Å². The second-order valence-electron chi connectivity index (χ2n) is 7.38. The Hall–Kier alpha value is -2.82. The number of hydrogen-bond donors (Lipinski definition) is 2. The van der Waals surface area contributed by atoms with E-state index in [0.29, 0.717) is 12.1 Å². The molecule has 2 N–H and O–H groups in total. The fraction of sp³-hybridized carbons (Fsp3) is 0.364. The minimum absolute atomic E-state index is 0.0737. The third-order valence-corrected chi connectivity index (χ3v) is 5.22. The van der Waals surface area contributed by atoms with Gasteiger partial charge >= 0.3 is 0 Å². The number of hydrogen-bond acceptors (Lipinski definition) is 3. The molecule has 2 amide bonds. The second-order valence-corrected chi connectivity index (χ2v) is 7.38. The van der Waals surface area contributed by atoms with Crippen molar-refractivity contribution in [1.82, 2.24) is 5.32 Å². The van der Waals surface area contributed by atoms with Crippen LogP contribution in [0.2, 0.25) is 0 Å². The van der Waals surface area contributed by atoms with E-state index < -0.39 is 0 Å². The van der Waals surface area contributed by atoms with E-state index in [2.05, 4.69) is 39.8 Å². The standard InChI is InChI=1S/C22H25N3O2/c26-21(17-7-9-19(10-8-17)24-22(27)18-5-6-18)23-15-16-3-11-20(12-4-16)25-13-1-2-14-25/h3-4,7-12,18H,1-2,5-6,13-15H2,(H,23,26)(H,24,27). The van der Waals surface area contributed by atoms with Crippen molar-refractivity contribution in [3.63, 3.8) is 0 Å². The summed E-state index contributed by atoms with van der Waals surface area (Å²) in [6, 6.07) is 15.5. The Bertz CT molecular complexity index is 804. The summed E-state index contributed by atoms with van der Waals surface area (Å²) in [4.78, 5) is 26.5. The van der Waals surface area contributed by atoms with Crippen LogP contribution in [0.5, 0.6) is 0 Å². The van der Waals surface area contributed by atoms with E-state index in [4.69, 9.17) is 0 Å². The number of anilines is 2. The van der Waals surface area contributed by atoms with Crippen molar-refractivity contribution in [3.05, 3.63) is 59.7 Å². The molecule has 0 radical (unpaired) electrons. The van der Waals surface area contributed by atoms with E-state index in [1.807, 2.05) is 0 Å². The predicted molar refractivity (Wildman–Crippen MR) is 107 cm³/mol. The summed E-state index contributed by atoms with van der Waals surface area (Å²) in [5.74, 6) is 0.133. The average molecular weight is 363 g/mol. The van der Waals surface area contributed by atoms with Gasteiger partial charge in [-0.15, -0.1) is 0 Å². The lowest BCUT2D eigenvalue weighted by Gasteiger charge is -2.17. The third-order valence-electron chi connectivity index (χ3n) is 5.22. The van der Waals surface area contributed by atoms with E-state index in [1.165, 1.54) is 18.5 Å². The van der Waals surface area contributed by atoms with Crippen LogP contribution in [-0.4, -0.2) is 24.9 Å². The summed E-state index contributed by atoms with van der Waals surface area (Å²) in [6.45, 7) is 2.76. The van der Waals surface area contributed by atoms with Crippen LogP contribution in [0, 0.1) is 5.92 Å². The first-order chi connectivity index (χ1) is 13.2. The van der Waals surface area contributed by atoms with Crippen molar-refractivity contribution in [2.45, 2.75) is 32.2 Å². The van der Waals surface area contributed by atoms with Crippen LogP contribution in [0.15, 0.2) is 48.5 Å².